The van der Waals surface area contributed by atoms with Crippen LogP contribution in [0.2, 0.25) is 0 Å². The van der Waals surface area contributed by atoms with Crippen molar-refractivity contribution in [3.63, 3.8) is 0 Å². The van der Waals surface area contributed by atoms with Crippen LogP contribution in [0, 0.1) is 0 Å². The molecule has 10 nitrogen and oxygen atoms in total. The Bertz CT molecular complexity index is 1990. The van der Waals surface area contributed by atoms with Gasteiger partial charge in [-0.3, -0.25) is 19.3 Å². The Morgan fingerprint density at radius 1 is 0.940 bits per heavy atom. The molecule has 4 aromatic rings. The Kier molecular flexibility index (Phi) is 9.58. The number of aromatic nitrogens is 2. The minimum atomic E-state index is -4.66. The van der Waals surface area contributed by atoms with Gasteiger partial charge in [0.25, 0.3) is 11.8 Å². The summed E-state index contributed by atoms with van der Waals surface area (Å²) in [7, 11) is 1.27. The lowest BCUT2D eigenvalue weighted by Gasteiger charge is -2.38. The number of benzene rings is 3. The van der Waals surface area contributed by atoms with Crippen molar-refractivity contribution in [2.75, 3.05) is 18.6 Å². The van der Waals surface area contributed by atoms with Crippen molar-refractivity contribution in [3.8, 4) is 5.69 Å². The summed E-state index contributed by atoms with van der Waals surface area (Å²) in [5.74, 6) is -2.51. The number of alkyl halides is 3. The summed E-state index contributed by atoms with van der Waals surface area (Å²) in [4.78, 5) is 54.6. The number of nitrogens with one attached hydrogen (secondary N) is 2. The molecule has 3 amide bonds. The zero-order chi connectivity index (χ0) is 35.6. The number of hydrogen-bond donors (Lipinski definition) is 2. The summed E-state index contributed by atoms with van der Waals surface area (Å²) >= 11 is 0. The summed E-state index contributed by atoms with van der Waals surface area (Å²) in [6.45, 7) is 2.11. The lowest BCUT2D eigenvalue weighted by atomic mass is 9.81. The van der Waals surface area contributed by atoms with Crippen LogP contribution < -0.4 is 15.5 Å². The number of para-hydroxylation sites is 1. The fourth-order valence-electron chi connectivity index (χ4n) is 6.61. The summed E-state index contributed by atoms with van der Waals surface area (Å²) in [6.07, 6.45) is -1.46. The second-order valence-corrected chi connectivity index (χ2v) is 12.0. The Hall–Kier alpha value is -5.72. The maximum absolute atomic E-state index is 14.3. The van der Waals surface area contributed by atoms with Crippen LogP contribution >= 0.6 is 0 Å². The van der Waals surface area contributed by atoms with E-state index in [1.807, 2.05) is 30.3 Å². The molecule has 2 heterocycles. The fourth-order valence-corrected chi connectivity index (χ4v) is 6.61. The number of rotatable bonds is 9. The minimum Gasteiger partial charge on any atom is -0.466 e. The van der Waals surface area contributed by atoms with Crippen molar-refractivity contribution in [1.29, 1.82) is 0 Å². The number of methoxy groups -OCH3 is 1. The zero-order valence-corrected chi connectivity index (χ0v) is 27.3. The number of amides is 3. The average molecular weight is 686 g/mol. The van der Waals surface area contributed by atoms with Crippen molar-refractivity contribution < 1.29 is 37.1 Å². The molecule has 0 fully saturated rings. The summed E-state index contributed by atoms with van der Waals surface area (Å²) in [5.41, 5.74) is 2.13. The summed E-state index contributed by atoms with van der Waals surface area (Å²) in [6, 6.07) is 19.2. The van der Waals surface area contributed by atoms with Crippen LogP contribution in [-0.4, -0.2) is 53.2 Å². The lowest BCUT2D eigenvalue weighted by Crippen LogP contribution is -2.55. The summed E-state index contributed by atoms with van der Waals surface area (Å²) < 4.78 is 47.0. The Morgan fingerprint density at radius 2 is 1.68 bits per heavy atom. The van der Waals surface area contributed by atoms with Crippen LogP contribution in [0.25, 0.3) is 5.69 Å². The first kappa shape index (κ1) is 34.2. The second kappa shape index (κ2) is 14.0. The molecule has 2 N–H and O–H groups in total. The van der Waals surface area contributed by atoms with Gasteiger partial charge in [-0.15, -0.1) is 0 Å². The number of hydrogen-bond acceptors (Lipinski definition) is 6. The molecule has 0 unspecified atom stereocenters. The van der Waals surface area contributed by atoms with Gasteiger partial charge in [0.2, 0.25) is 5.91 Å². The Labute approximate surface area is 285 Å². The first-order valence-corrected chi connectivity index (χ1v) is 16.1. The highest BCUT2D eigenvalue weighted by molar-refractivity contribution is 6.05. The highest BCUT2D eigenvalue weighted by Crippen LogP contribution is 2.42. The number of carbonyl (C=O) groups excluding carboxylic acids is 4. The molecular weight excluding hydrogens is 651 g/mol. The standard InChI is InChI=1S/C37H34F3N5O5/c1-3-44-34-29(21-42-45(34)26-14-5-4-6-15-26)30(31(35(44)48)43-32(46)24-12-8-13-25(19-24)37(38,39)40)23-11-7-10-22(18-23)20-41-33(47)27-16-9-17-28(27)36(49)50-2/h4-8,10-15,18-19,21,30-31H,3,9,16-17,20H2,1-2H3,(H,41,47)(H,43,46)/t30-,31+/m1/s1. The quantitative estimate of drug-likeness (QED) is 0.226. The van der Waals surface area contributed by atoms with Gasteiger partial charge in [-0.05, 0) is 67.6 Å². The van der Waals surface area contributed by atoms with Gasteiger partial charge < -0.3 is 15.4 Å². The molecule has 0 saturated carbocycles. The number of ether oxygens (including phenoxy) is 1. The molecule has 0 radical (unpaired) electrons. The zero-order valence-electron chi connectivity index (χ0n) is 27.3. The third kappa shape index (κ3) is 6.63. The van der Waals surface area contributed by atoms with Crippen molar-refractivity contribution in [2.24, 2.45) is 0 Å². The second-order valence-electron chi connectivity index (χ2n) is 12.0. The van der Waals surface area contributed by atoms with Crippen LogP contribution in [0.4, 0.5) is 19.0 Å². The highest BCUT2D eigenvalue weighted by atomic mass is 19.4. The number of halogens is 3. The predicted octanol–water partition coefficient (Wildman–Crippen LogP) is 5.46. The first-order chi connectivity index (χ1) is 24.0. The topological polar surface area (TPSA) is 123 Å². The highest BCUT2D eigenvalue weighted by Gasteiger charge is 2.44. The van der Waals surface area contributed by atoms with Gasteiger partial charge in [0.1, 0.15) is 11.9 Å². The molecule has 3 aromatic carbocycles. The van der Waals surface area contributed by atoms with E-state index in [1.54, 1.807) is 42.1 Å². The van der Waals surface area contributed by atoms with Crippen LogP contribution in [-0.2, 0) is 31.8 Å². The van der Waals surface area contributed by atoms with E-state index in [0.717, 1.165) is 18.2 Å². The molecule has 1 aliphatic carbocycles. The van der Waals surface area contributed by atoms with Gasteiger partial charge in [0, 0.05) is 41.3 Å². The first-order valence-electron chi connectivity index (χ1n) is 16.1. The number of likely N-dealkylation sites (N-methyl/N-ethyl adjacent to an activating group) is 1. The van der Waals surface area contributed by atoms with E-state index in [1.165, 1.54) is 18.1 Å². The molecule has 2 aliphatic rings. The van der Waals surface area contributed by atoms with Gasteiger partial charge in [0.05, 0.1) is 24.6 Å². The normalized spacial score (nSPS) is 17.4. The number of anilines is 1. The van der Waals surface area contributed by atoms with Gasteiger partial charge in [0.15, 0.2) is 0 Å². The van der Waals surface area contributed by atoms with Crippen molar-refractivity contribution >= 4 is 29.5 Å². The van der Waals surface area contributed by atoms with Gasteiger partial charge in [-0.25, -0.2) is 9.48 Å². The number of nitrogens with zero attached hydrogens (tertiary/aromatic N) is 3. The van der Waals surface area contributed by atoms with Crippen LogP contribution in [0.15, 0.2) is 96.2 Å². The molecule has 0 bridgehead atoms. The van der Waals surface area contributed by atoms with E-state index in [9.17, 15) is 32.3 Å². The third-order valence-electron chi connectivity index (χ3n) is 8.97. The van der Waals surface area contributed by atoms with Crippen molar-refractivity contribution in [3.05, 3.63) is 124 Å². The third-order valence-corrected chi connectivity index (χ3v) is 8.97. The van der Waals surface area contributed by atoms with Crippen LogP contribution in [0.5, 0.6) is 0 Å². The molecule has 2 atom stereocenters. The molecule has 258 valence electrons. The van der Waals surface area contributed by atoms with E-state index < -0.39 is 41.5 Å². The van der Waals surface area contributed by atoms with Crippen LogP contribution in [0.1, 0.15) is 64.7 Å². The smallest absolute Gasteiger partial charge is 0.416 e. The lowest BCUT2D eigenvalue weighted by molar-refractivity contribution is -0.138. The Balaban J connectivity index is 1.38. The van der Waals surface area contributed by atoms with Crippen molar-refractivity contribution in [1.82, 2.24) is 20.4 Å². The number of fused-ring (bicyclic) bond motifs is 1. The molecule has 1 aliphatic heterocycles. The molecule has 1 aromatic heterocycles. The van der Waals surface area contributed by atoms with Crippen LogP contribution in [0.3, 0.4) is 0 Å². The maximum Gasteiger partial charge on any atom is 0.416 e. The number of esters is 1. The van der Waals surface area contributed by atoms with Gasteiger partial charge in [-0.1, -0.05) is 48.5 Å². The van der Waals surface area contributed by atoms with Gasteiger partial charge >= 0.3 is 12.1 Å². The molecule has 0 spiro atoms. The molecule has 0 saturated heterocycles. The Morgan fingerprint density at radius 3 is 2.40 bits per heavy atom. The van der Waals surface area contributed by atoms with Crippen molar-refractivity contribution in [2.45, 2.75) is 50.9 Å². The molecular formula is C37H34F3N5O5. The predicted molar refractivity (Wildman–Crippen MR) is 177 cm³/mol. The number of carbonyl (C=O) groups is 4. The van der Waals surface area contributed by atoms with E-state index in [4.69, 9.17) is 4.74 Å². The fraction of sp³-hybridized carbons (Fsp3) is 0.270. The minimum absolute atomic E-state index is 0.101. The molecule has 6 rings (SSSR count). The monoisotopic (exact) mass is 685 g/mol. The van der Waals surface area contributed by atoms with E-state index in [0.29, 0.717) is 58.6 Å². The van der Waals surface area contributed by atoms with E-state index in [2.05, 4.69) is 15.7 Å². The summed E-state index contributed by atoms with van der Waals surface area (Å²) in [5, 5.41) is 10.2. The van der Waals surface area contributed by atoms with Gasteiger partial charge in [-0.2, -0.15) is 18.3 Å². The maximum atomic E-state index is 14.3. The largest absolute Gasteiger partial charge is 0.466 e. The average Bonchev–Trinajstić information content (AvgIpc) is 3.79. The van der Waals surface area contributed by atoms with E-state index >= 15 is 0 Å². The van der Waals surface area contributed by atoms with E-state index in [-0.39, 0.29) is 24.6 Å². The SMILES string of the molecule is CCN1C(=O)[C@@H](NC(=O)c2cccc(C(F)(F)F)c2)[C@H](c2cccc(CNC(=O)C3=C(C(=O)OC)CCC3)c2)c2cnn(-c3ccccc3)c21. The molecule has 13 heteroatoms. The molecule has 50 heavy (non-hydrogen) atoms.